The number of amides is 1. The molecule has 0 radical (unpaired) electrons. The molecule has 4 heteroatoms. The molecular weight excluding hydrogens is 663 g/mol. The van der Waals surface area contributed by atoms with Crippen molar-refractivity contribution < 1.29 is 15.0 Å². The van der Waals surface area contributed by atoms with Crippen molar-refractivity contribution in [1.29, 1.82) is 0 Å². The van der Waals surface area contributed by atoms with Gasteiger partial charge < -0.3 is 15.5 Å². The Morgan fingerprint density at radius 3 is 1.30 bits per heavy atom. The molecule has 0 heterocycles. The summed E-state index contributed by atoms with van der Waals surface area (Å²) >= 11 is 0. The van der Waals surface area contributed by atoms with Crippen LogP contribution in [-0.2, 0) is 4.79 Å². The molecule has 0 aliphatic heterocycles. The number of carbonyl (C=O) groups is 1. The lowest BCUT2D eigenvalue weighted by Crippen LogP contribution is -2.45. The number of allylic oxidation sites excluding steroid dienone is 15. The van der Waals surface area contributed by atoms with E-state index in [1.807, 2.05) is 6.08 Å². The first-order chi connectivity index (χ1) is 26.7. The summed E-state index contributed by atoms with van der Waals surface area (Å²) in [6.45, 7) is 4.15. The lowest BCUT2D eigenvalue weighted by atomic mass is 10.0. The molecule has 0 aliphatic carbocycles. The van der Waals surface area contributed by atoms with E-state index in [1.165, 1.54) is 96.3 Å². The molecule has 0 saturated heterocycles. The van der Waals surface area contributed by atoms with Crippen molar-refractivity contribution in [1.82, 2.24) is 5.32 Å². The zero-order valence-electron chi connectivity index (χ0n) is 35.2. The van der Waals surface area contributed by atoms with E-state index in [0.717, 1.165) is 77.0 Å². The third kappa shape index (κ3) is 40.5. The van der Waals surface area contributed by atoms with Crippen LogP contribution in [0.5, 0.6) is 0 Å². The van der Waals surface area contributed by atoms with Crippen molar-refractivity contribution in [3.8, 4) is 0 Å². The molecule has 0 spiro atoms. The molecule has 2 atom stereocenters. The molecule has 1 amide bonds. The van der Waals surface area contributed by atoms with Crippen LogP contribution in [0.4, 0.5) is 0 Å². The number of hydrogen-bond acceptors (Lipinski definition) is 3. The molecule has 2 unspecified atom stereocenters. The second kappa shape index (κ2) is 44.7. The summed E-state index contributed by atoms with van der Waals surface area (Å²) in [4.78, 5) is 12.4. The van der Waals surface area contributed by atoms with Gasteiger partial charge in [-0.05, 0) is 83.5 Å². The highest BCUT2D eigenvalue weighted by molar-refractivity contribution is 5.76. The normalized spacial score (nSPS) is 13.9. The van der Waals surface area contributed by atoms with Gasteiger partial charge >= 0.3 is 0 Å². The van der Waals surface area contributed by atoms with Gasteiger partial charge in [0.25, 0.3) is 0 Å². The maximum absolute atomic E-state index is 12.4. The highest BCUT2D eigenvalue weighted by Gasteiger charge is 2.17. The molecule has 0 aromatic rings. The maximum atomic E-state index is 12.4. The van der Waals surface area contributed by atoms with Crippen molar-refractivity contribution in [2.75, 3.05) is 6.61 Å². The highest BCUT2D eigenvalue weighted by atomic mass is 16.3. The van der Waals surface area contributed by atoms with Crippen LogP contribution in [0.2, 0.25) is 0 Å². The van der Waals surface area contributed by atoms with E-state index in [0.29, 0.717) is 6.42 Å². The molecule has 0 saturated carbocycles. The molecule has 0 aromatic carbocycles. The second-order valence-electron chi connectivity index (χ2n) is 14.7. The quantitative estimate of drug-likeness (QED) is 0.0433. The zero-order chi connectivity index (χ0) is 39.3. The Balaban J connectivity index is 3.63. The van der Waals surface area contributed by atoms with E-state index in [2.05, 4.69) is 104 Å². The SMILES string of the molecule is CC/C=C\C/C=C\C/C=C\C/C=C\C/C=C\C/C=C\CCCCCCCCCCCCC(=O)NC(CO)C(O)/C=C/CC/C=C/CCCCCCCCC. The summed E-state index contributed by atoms with van der Waals surface area (Å²) in [5.41, 5.74) is 0. The van der Waals surface area contributed by atoms with Gasteiger partial charge in [-0.3, -0.25) is 4.79 Å². The van der Waals surface area contributed by atoms with Crippen LogP contribution >= 0.6 is 0 Å². The summed E-state index contributed by atoms with van der Waals surface area (Å²) in [7, 11) is 0. The fraction of sp³-hybridized carbons (Fsp3) is 0.660. The van der Waals surface area contributed by atoms with Crippen LogP contribution in [0.3, 0.4) is 0 Å². The summed E-state index contributed by atoms with van der Waals surface area (Å²) in [6.07, 6.45) is 66.6. The van der Waals surface area contributed by atoms with Crippen molar-refractivity contribution in [3.05, 3.63) is 97.2 Å². The van der Waals surface area contributed by atoms with E-state index in [4.69, 9.17) is 0 Å². The molecular formula is C50H85NO3. The molecule has 308 valence electrons. The average Bonchev–Trinajstić information content (AvgIpc) is 3.18. The van der Waals surface area contributed by atoms with Crippen molar-refractivity contribution >= 4 is 5.91 Å². The maximum Gasteiger partial charge on any atom is 0.220 e. The Bertz CT molecular complexity index is 1030. The number of aliphatic hydroxyl groups is 2. The van der Waals surface area contributed by atoms with Crippen molar-refractivity contribution in [2.45, 2.75) is 206 Å². The molecule has 0 aromatic heterocycles. The number of aliphatic hydroxyl groups excluding tert-OH is 2. The van der Waals surface area contributed by atoms with E-state index in [9.17, 15) is 15.0 Å². The van der Waals surface area contributed by atoms with Gasteiger partial charge in [-0.15, -0.1) is 0 Å². The average molecular weight is 748 g/mol. The summed E-state index contributed by atoms with van der Waals surface area (Å²) in [6, 6.07) is -0.646. The van der Waals surface area contributed by atoms with Crippen molar-refractivity contribution in [2.24, 2.45) is 0 Å². The lowest BCUT2D eigenvalue weighted by molar-refractivity contribution is -0.123. The molecule has 0 fully saturated rings. The lowest BCUT2D eigenvalue weighted by Gasteiger charge is -2.19. The number of unbranched alkanes of at least 4 members (excludes halogenated alkanes) is 18. The fourth-order valence-electron chi connectivity index (χ4n) is 6.14. The number of rotatable bonds is 39. The van der Waals surface area contributed by atoms with Gasteiger partial charge in [0.2, 0.25) is 5.91 Å². The van der Waals surface area contributed by atoms with Crippen LogP contribution in [0, 0.1) is 0 Å². The van der Waals surface area contributed by atoms with Crippen LogP contribution in [-0.4, -0.2) is 34.9 Å². The molecule has 54 heavy (non-hydrogen) atoms. The minimum atomic E-state index is -0.868. The van der Waals surface area contributed by atoms with Gasteiger partial charge in [0.15, 0.2) is 0 Å². The van der Waals surface area contributed by atoms with E-state index < -0.39 is 12.1 Å². The van der Waals surface area contributed by atoms with Gasteiger partial charge in [0.05, 0.1) is 18.8 Å². The standard InChI is InChI=1S/C50H85NO3/c1-3-5-7-9-11-13-15-17-18-19-20-21-22-23-24-25-26-27-28-29-30-31-32-34-36-38-40-42-44-46-50(54)51-48(47-52)49(53)45-43-41-39-37-35-33-16-14-12-10-8-6-4-2/h5,7,11,13,17-18,20-21,23-24,26-27,35,37,43,45,48-49,52-53H,3-4,6,8-10,12,14-16,19,22,25,28-34,36,38-42,44,46-47H2,1-2H3,(H,51,54)/b7-5-,13-11-,18-17-,21-20-,24-23-,27-26-,37-35+,45-43+. The van der Waals surface area contributed by atoms with Crippen LogP contribution in [0.15, 0.2) is 97.2 Å². The Morgan fingerprint density at radius 1 is 0.463 bits per heavy atom. The zero-order valence-corrected chi connectivity index (χ0v) is 35.2. The first-order valence-electron chi connectivity index (χ1n) is 22.5. The number of nitrogens with one attached hydrogen (secondary N) is 1. The topological polar surface area (TPSA) is 69.6 Å². The predicted octanol–water partition coefficient (Wildman–Crippen LogP) is 14.2. The van der Waals surface area contributed by atoms with E-state index in [1.54, 1.807) is 6.08 Å². The minimum absolute atomic E-state index is 0.0844. The Hall–Kier alpha value is -2.69. The van der Waals surface area contributed by atoms with Gasteiger partial charge in [-0.1, -0.05) is 201 Å². The van der Waals surface area contributed by atoms with Gasteiger partial charge in [-0.25, -0.2) is 0 Å². The summed E-state index contributed by atoms with van der Waals surface area (Å²) in [5.74, 6) is -0.0844. The van der Waals surface area contributed by atoms with Gasteiger partial charge in [0.1, 0.15) is 0 Å². The van der Waals surface area contributed by atoms with Crippen LogP contribution in [0.25, 0.3) is 0 Å². The fourth-order valence-corrected chi connectivity index (χ4v) is 6.14. The smallest absolute Gasteiger partial charge is 0.220 e. The van der Waals surface area contributed by atoms with Gasteiger partial charge in [-0.2, -0.15) is 0 Å². The summed E-state index contributed by atoms with van der Waals surface area (Å²) in [5, 5.41) is 22.9. The molecule has 0 bridgehead atoms. The predicted molar refractivity (Wildman–Crippen MR) is 239 cm³/mol. The molecule has 4 nitrogen and oxygen atoms in total. The largest absolute Gasteiger partial charge is 0.394 e. The molecule has 3 N–H and O–H groups in total. The van der Waals surface area contributed by atoms with Crippen LogP contribution < -0.4 is 5.32 Å². The third-order valence-electron chi connectivity index (χ3n) is 9.55. The first-order valence-corrected chi connectivity index (χ1v) is 22.5. The third-order valence-corrected chi connectivity index (χ3v) is 9.55. The number of carbonyl (C=O) groups excluding carboxylic acids is 1. The Morgan fingerprint density at radius 2 is 0.833 bits per heavy atom. The van der Waals surface area contributed by atoms with Gasteiger partial charge in [0, 0.05) is 6.42 Å². The molecule has 0 rings (SSSR count). The van der Waals surface area contributed by atoms with E-state index >= 15 is 0 Å². The number of hydrogen-bond donors (Lipinski definition) is 3. The summed E-state index contributed by atoms with van der Waals surface area (Å²) < 4.78 is 0. The highest BCUT2D eigenvalue weighted by Crippen LogP contribution is 2.13. The van der Waals surface area contributed by atoms with Crippen LogP contribution in [0.1, 0.15) is 194 Å². The van der Waals surface area contributed by atoms with Crippen molar-refractivity contribution in [3.63, 3.8) is 0 Å². The second-order valence-corrected chi connectivity index (χ2v) is 14.7. The molecule has 0 aliphatic rings. The first kappa shape index (κ1) is 51.3. The monoisotopic (exact) mass is 748 g/mol. The Labute approximate surface area is 334 Å². The Kier molecular flexibility index (Phi) is 42.5. The van der Waals surface area contributed by atoms with E-state index in [-0.39, 0.29) is 12.5 Å². The minimum Gasteiger partial charge on any atom is -0.394 e.